The molecule has 0 amide bonds. The van der Waals surface area contributed by atoms with Crippen molar-refractivity contribution < 1.29 is 19.0 Å². The minimum absolute atomic E-state index is 0.141. The molecule has 4 unspecified atom stereocenters. The topological polar surface area (TPSA) is 70.8 Å². The number of carbonyl (C=O) groups is 1. The summed E-state index contributed by atoms with van der Waals surface area (Å²) >= 11 is 0. The number of carbonyl (C=O) groups excluding carboxylic acids is 1. The molecule has 0 radical (unpaired) electrons. The quantitative estimate of drug-likeness (QED) is 0.545. The van der Waals surface area contributed by atoms with Crippen molar-refractivity contribution >= 4 is 5.97 Å². The van der Waals surface area contributed by atoms with Crippen LogP contribution in [0.2, 0.25) is 0 Å². The van der Waals surface area contributed by atoms with Gasteiger partial charge in [-0.25, -0.2) is 0 Å². The molecule has 1 aliphatic heterocycles. The summed E-state index contributed by atoms with van der Waals surface area (Å²) in [5.74, 6) is -0.308. The number of hydrogen-bond donors (Lipinski definition) is 1. The van der Waals surface area contributed by atoms with Crippen LogP contribution >= 0.6 is 0 Å². The van der Waals surface area contributed by atoms with Gasteiger partial charge in [0.2, 0.25) is 0 Å². The summed E-state index contributed by atoms with van der Waals surface area (Å²) in [6.45, 7) is 6.54. The largest absolute Gasteiger partial charge is 0.455 e. The molecule has 1 fully saturated rings. The van der Waals surface area contributed by atoms with Gasteiger partial charge in [-0.3, -0.25) is 4.79 Å². The SMILES string of the molecule is CCC/C=C/C=C/C=C(\C)C1OCC(C)C(OC)C1OC(=O)CN. The molecule has 5 heteroatoms. The number of esters is 1. The summed E-state index contributed by atoms with van der Waals surface area (Å²) in [7, 11) is 1.63. The second-order valence-electron chi connectivity index (χ2n) is 6.10. The van der Waals surface area contributed by atoms with Crippen LogP contribution in [0.3, 0.4) is 0 Å². The molecule has 136 valence electrons. The molecule has 0 aromatic carbocycles. The van der Waals surface area contributed by atoms with E-state index in [9.17, 15) is 4.79 Å². The van der Waals surface area contributed by atoms with Crippen LogP contribution < -0.4 is 5.73 Å². The van der Waals surface area contributed by atoms with Gasteiger partial charge in [-0.15, -0.1) is 0 Å². The molecule has 0 bridgehead atoms. The summed E-state index contributed by atoms with van der Waals surface area (Å²) in [5, 5.41) is 0. The fourth-order valence-electron chi connectivity index (χ4n) is 2.73. The van der Waals surface area contributed by atoms with Crippen molar-refractivity contribution in [3.05, 3.63) is 36.0 Å². The molecule has 1 saturated heterocycles. The van der Waals surface area contributed by atoms with Crippen LogP contribution in [0.4, 0.5) is 0 Å². The van der Waals surface area contributed by atoms with E-state index in [1.807, 2.05) is 38.2 Å². The Morgan fingerprint density at radius 3 is 2.67 bits per heavy atom. The average molecular weight is 337 g/mol. The number of nitrogens with two attached hydrogens (primary N) is 1. The van der Waals surface area contributed by atoms with E-state index in [2.05, 4.69) is 13.0 Å². The van der Waals surface area contributed by atoms with Crippen LogP contribution in [-0.2, 0) is 19.0 Å². The molecule has 0 spiro atoms. The van der Waals surface area contributed by atoms with E-state index < -0.39 is 12.1 Å². The monoisotopic (exact) mass is 337 g/mol. The zero-order valence-corrected chi connectivity index (χ0v) is 15.2. The van der Waals surface area contributed by atoms with E-state index in [4.69, 9.17) is 19.9 Å². The lowest BCUT2D eigenvalue weighted by atomic mass is 9.90. The second kappa shape index (κ2) is 11.2. The molecule has 1 heterocycles. The molecule has 5 nitrogen and oxygen atoms in total. The highest BCUT2D eigenvalue weighted by atomic mass is 16.6. The molecule has 0 aromatic rings. The van der Waals surface area contributed by atoms with Gasteiger partial charge >= 0.3 is 5.97 Å². The maximum Gasteiger partial charge on any atom is 0.320 e. The third kappa shape index (κ3) is 6.23. The lowest BCUT2D eigenvalue weighted by molar-refractivity contribution is -0.190. The number of allylic oxidation sites excluding steroid dienone is 5. The molecule has 1 aliphatic rings. The minimum Gasteiger partial charge on any atom is -0.455 e. The van der Waals surface area contributed by atoms with E-state index in [0.29, 0.717) is 6.61 Å². The maximum absolute atomic E-state index is 11.7. The standard InChI is InChI=1S/C19H31NO4/c1-5-6-7-8-9-10-11-14(2)18-19(24-16(21)12-20)17(22-4)15(3)13-23-18/h7-11,15,17-19H,5-6,12-13,20H2,1-4H3/b8-7+,10-9+,14-11+. The van der Waals surface area contributed by atoms with E-state index in [0.717, 1.165) is 18.4 Å². The zero-order chi connectivity index (χ0) is 17.9. The molecule has 4 atom stereocenters. The van der Waals surface area contributed by atoms with Crippen LogP contribution in [0.25, 0.3) is 0 Å². The Labute approximate surface area is 145 Å². The molecular weight excluding hydrogens is 306 g/mol. The summed E-state index contributed by atoms with van der Waals surface area (Å²) in [6.07, 6.45) is 11.3. The number of methoxy groups -OCH3 is 1. The van der Waals surface area contributed by atoms with Crippen molar-refractivity contribution in [2.45, 2.75) is 51.9 Å². The third-order valence-corrected chi connectivity index (χ3v) is 4.05. The van der Waals surface area contributed by atoms with Crippen molar-refractivity contribution in [3.8, 4) is 0 Å². The van der Waals surface area contributed by atoms with Crippen LogP contribution in [-0.4, -0.2) is 44.5 Å². The van der Waals surface area contributed by atoms with Crippen LogP contribution in [0.1, 0.15) is 33.6 Å². The van der Waals surface area contributed by atoms with Crippen molar-refractivity contribution in [1.82, 2.24) is 0 Å². The summed E-state index contributed by atoms with van der Waals surface area (Å²) < 4.78 is 17.0. The van der Waals surface area contributed by atoms with Crippen molar-refractivity contribution in [2.75, 3.05) is 20.3 Å². The van der Waals surface area contributed by atoms with Gasteiger partial charge in [-0.1, -0.05) is 50.6 Å². The number of unbranched alkanes of at least 4 members (excludes halogenated alkanes) is 1. The van der Waals surface area contributed by atoms with Gasteiger partial charge in [0.25, 0.3) is 0 Å². The fraction of sp³-hybridized carbons (Fsp3) is 0.632. The normalized spacial score (nSPS) is 28.6. The molecule has 2 N–H and O–H groups in total. The van der Waals surface area contributed by atoms with Crippen LogP contribution in [0.5, 0.6) is 0 Å². The number of hydrogen-bond acceptors (Lipinski definition) is 5. The van der Waals surface area contributed by atoms with Gasteiger partial charge in [0.05, 0.1) is 13.2 Å². The first kappa shape index (κ1) is 20.6. The fourth-order valence-corrected chi connectivity index (χ4v) is 2.73. The molecule has 0 aliphatic carbocycles. The zero-order valence-electron chi connectivity index (χ0n) is 15.2. The smallest absolute Gasteiger partial charge is 0.320 e. The van der Waals surface area contributed by atoms with Gasteiger partial charge in [0.1, 0.15) is 12.2 Å². The first-order valence-corrected chi connectivity index (χ1v) is 8.59. The predicted molar refractivity (Wildman–Crippen MR) is 95.6 cm³/mol. The number of rotatable bonds is 8. The average Bonchev–Trinajstić information content (AvgIpc) is 2.58. The van der Waals surface area contributed by atoms with Crippen molar-refractivity contribution in [1.29, 1.82) is 0 Å². The van der Waals surface area contributed by atoms with Crippen LogP contribution in [0.15, 0.2) is 36.0 Å². The third-order valence-electron chi connectivity index (χ3n) is 4.05. The van der Waals surface area contributed by atoms with Crippen molar-refractivity contribution in [3.63, 3.8) is 0 Å². The van der Waals surface area contributed by atoms with Gasteiger partial charge in [-0.2, -0.15) is 0 Å². The Morgan fingerprint density at radius 2 is 2.04 bits per heavy atom. The van der Waals surface area contributed by atoms with Gasteiger partial charge < -0.3 is 19.9 Å². The molecule has 24 heavy (non-hydrogen) atoms. The van der Waals surface area contributed by atoms with Gasteiger partial charge in [0.15, 0.2) is 6.10 Å². The lowest BCUT2D eigenvalue weighted by Crippen LogP contribution is -2.53. The van der Waals surface area contributed by atoms with Crippen LogP contribution in [0, 0.1) is 5.92 Å². The van der Waals surface area contributed by atoms with E-state index in [1.165, 1.54) is 0 Å². The molecular formula is C19H31NO4. The second-order valence-corrected chi connectivity index (χ2v) is 6.10. The van der Waals surface area contributed by atoms with E-state index >= 15 is 0 Å². The van der Waals surface area contributed by atoms with Crippen molar-refractivity contribution in [2.24, 2.45) is 11.7 Å². The predicted octanol–water partition coefficient (Wildman–Crippen LogP) is 2.77. The maximum atomic E-state index is 11.7. The summed E-state index contributed by atoms with van der Waals surface area (Å²) in [5.41, 5.74) is 6.37. The lowest BCUT2D eigenvalue weighted by Gasteiger charge is -2.40. The first-order valence-electron chi connectivity index (χ1n) is 8.59. The Bertz CT molecular complexity index is 470. The Balaban J connectivity index is 2.85. The van der Waals surface area contributed by atoms with E-state index in [1.54, 1.807) is 7.11 Å². The van der Waals surface area contributed by atoms with E-state index in [-0.39, 0.29) is 24.7 Å². The molecule has 0 saturated carbocycles. The summed E-state index contributed by atoms with van der Waals surface area (Å²) in [6, 6.07) is 0. The number of ether oxygens (including phenoxy) is 3. The Kier molecular flexibility index (Phi) is 9.60. The Hall–Kier alpha value is -1.43. The molecule has 0 aromatic heterocycles. The first-order chi connectivity index (χ1) is 11.5. The Morgan fingerprint density at radius 1 is 1.29 bits per heavy atom. The van der Waals surface area contributed by atoms with Gasteiger partial charge in [0, 0.05) is 13.0 Å². The molecule has 1 rings (SSSR count). The van der Waals surface area contributed by atoms with Gasteiger partial charge in [-0.05, 0) is 18.9 Å². The summed E-state index contributed by atoms with van der Waals surface area (Å²) in [4.78, 5) is 11.7. The minimum atomic E-state index is -0.491. The highest BCUT2D eigenvalue weighted by molar-refractivity contribution is 5.71. The highest BCUT2D eigenvalue weighted by Gasteiger charge is 2.42. The highest BCUT2D eigenvalue weighted by Crippen LogP contribution is 2.29.